The number of nitro groups is 1. The number of nitrogens with one attached hydrogen (secondary N) is 1. The molecule has 0 aliphatic rings. The van der Waals surface area contributed by atoms with E-state index in [1.165, 1.54) is 18.2 Å². The van der Waals surface area contributed by atoms with E-state index in [2.05, 4.69) is 21.2 Å². The van der Waals surface area contributed by atoms with E-state index in [-0.39, 0.29) is 15.7 Å². The first-order valence-electron chi connectivity index (χ1n) is 6.21. The Balaban J connectivity index is 2.33. The van der Waals surface area contributed by atoms with Crippen molar-refractivity contribution in [1.29, 1.82) is 0 Å². The first-order valence-corrected chi connectivity index (χ1v) is 7.00. The highest BCUT2D eigenvalue weighted by molar-refractivity contribution is 9.10. The molecule has 0 saturated carbocycles. The SMILES string of the molecule is Cc1cc(C)cc(NC(=O)c2cccc([N+](=O)[O-])c2Br)c1. The topological polar surface area (TPSA) is 72.2 Å². The van der Waals surface area contributed by atoms with Crippen LogP contribution in [0.5, 0.6) is 0 Å². The molecule has 5 nitrogen and oxygen atoms in total. The van der Waals surface area contributed by atoms with Gasteiger partial charge in [-0.1, -0.05) is 12.1 Å². The van der Waals surface area contributed by atoms with E-state index in [0.717, 1.165) is 11.1 Å². The molecule has 2 aromatic rings. The van der Waals surface area contributed by atoms with Gasteiger partial charge in [-0.3, -0.25) is 14.9 Å². The van der Waals surface area contributed by atoms with Gasteiger partial charge in [-0.25, -0.2) is 0 Å². The zero-order valence-corrected chi connectivity index (χ0v) is 13.1. The van der Waals surface area contributed by atoms with E-state index in [4.69, 9.17) is 0 Å². The highest BCUT2D eigenvalue weighted by atomic mass is 79.9. The van der Waals surface area contributed by atoms with Crippen LogP contribution in [0.15, 0.2) is 40.9 Å². The minimum absolute atomic E-state index is 0.136. The van der Waals surface area contributed by atoms with Gasteiger partial charge in [-0.15, -0.1) is 0 Å². The van der Waals surface area contributed by atoms with Crippen molar-refractivity contribution in [1.82, 2.24) is 0 Å². The van der Waals surface area contributed by atoms with Crippen molar-refractivity contribution in [2.45, 2.75) is 13.8 Å². The summed E-state index contributed by atoms with van der Waals surface area (Å²) in [6, 6.07) is 10.1. The van der Waals surface area contributed by atoms with Crippen LogP contribution in [-0.2, 0) is 0 Å². The summed E-state index contributed by atoms with van der Waals surface area (Å²) in [6.07, 6.45) is 0. The Kier molecular flexibility index (Phi) is 4.37. The summed E-state index contributed by atoms with van der Waals surface area (Å²) in [7, 11) is 0. The molecule has 0 aliphatic heterocycles. The molecule has 21 heavy (non-hydrogen) atoms. The van der Waals surface area contributed by atoms with Crippen molar-refractivity contribution in [3.05, 3.63) is 67.7 Å². The minimum Gasteiger partial charge on any atom is -0.322 e. The largest absolute Gasteiger partial charge is 0.322 e. The predicted molar refractivity (Wildman–Crippen MR) is 84.7 cm³/mol. The maximum atomic E-state index is 12.3. The van der Waals surface area contributed by atoms with Crippen molar-refractivity contribution >= 4 is 33.2 Å². The molecule has 6 heteroatoms. The molecule has 0 spiro atoms. The number of nitrogens with zero attached hydrogens (tertiary/aromatic N) is 1. The summed E-state index contributed by atoms with van der Waals surface area (Å²) in [5.41, 5.74) is 2.81. The monoisotopic (exact) mass is 348 g/mol. The minimum atomic E-state index is -0.530. The number of halogens is 1. The second-order valence-corrected chi connectivity index (χ2v) is 5.52. The first kappa shape index (κ1) is 15.2. The summed E-state index contributed by atoms with van der Waals surface area (Å²) in [5, 5.41) is 13.6. The van der Waals surface area contributed by atoms with Crippen molar-refractivity contribution in [3.8, 4) is 0 Å². The molecule has 0 radical (unpaired) electrons. The number of rotatable bonds is 3. The van der Waals surface area contributed by atoms with Gasteiger partial charge >= 0.3 is 0 Å². The van der Waals surface area contributed by atoms with Gasteiger partial charge in [0.2, 0.25) is 0 Å². The van der Waals surface area contributed by atoms with Crippen LogP contribution in [0.4, 0.5) is 11.4 Å². The van der Waals surface area contributed by atoms with Crippen molar-refractivity contribution in [3.63, 3.8) is 0 Å². The molecule has 2 aromatic carbocycles. The number of amides is 1. The molecule has 0 aromatic heterocycles. The van der Waals surface area contributed by atoms with E-state index >= 15 is 0 Å². The normalized spacial score (nSPS) is 10.2. The molecule has 0 unspecified atom stereocenters. The summed E-state index contributed by atoms with van der Waals surface area (Å²) in [4.78, 5) is 22.6. The first-order chi connectivity index (χ1) is 9.88. The molecule has 0 aliphatic carbocycles. The fraction of sp³-hybridized carbons (Fsp3) is 0.133. The van der Waals surface area contributed by atoms with Gasteiger partial charge in [0, 0.05) is 11.8 Å². The number of benzene rings is 2. The lowest BCUT2D eigenvalue weighted by Gasteiger charge is -2.09. The van der Waals surface area contributed by atoms with Crippen LogP contribution in [0.2, 0.25) is 0 Å². The van der Waals surface area contributed by atoms with E-state index in [1.807, 2.05) is 32.0 Å². The van der Waals surface area contributed by atoms with Gasteiger partial charge in [0.05, 0.1) is 10.5 Å². The lowest BCUT2D eigenvalue weighted by atomic mass is 10.1. The Morgan fingerprint density at radius 3 is 2.38 bits per heavy atom. The number of aryl methyl sites for hydroxylation is 2. The highest BCUT2D eigenvalue weighted by Gasteiger charge is 2.19. The van der Waals surface area contributed by atoms with Crippen LogP contribution in [0.25, 0.3) is 0 Å². The van der Waals surface area contributed by atoms with Crippen LogP contribution < -0.4 is 5.32 Å². The van der Waals surface area contributed by atoms with E-state index in [1.54, 1.807) is 0 Å². The predicted octanol–water partition coefficient (Wildman–Crippen LogP) is 4.23. The number of nitro benzene ring substituents is 1. The molecule has 2 rings (SSSR count). The van der Waals surface area contributed by atoms with Crippen molar-refractivity contribution in [2.24, 2.45) is 0 Å². The summed E-state index contributed by atoms with van der Waals surface area (Å²) in [5.74, 6) is -0.393. The van der Waals surface area contributed by atoms with E-state index in [0.29, 0.717) is 5.69 Å². The van der Waals surface area contributed by atoms with Gasteiger partial charge in [-0.05, 0) is 59.1 Å². The average molecular weight is 349 g/mol. The quantitative estimate of drug-likeness (QED) is 0.666. The van der Waals surface area contributed by atoms with Gasteiger partial charge in [-0.2, -0.15) is 0 Å². The molecule has 1 N–H and O–H groups in total. The Morgan fingerprint density at radius 2 is 1.81 bits per heavy atom. The van der Waals surface area contributed by atoms with Gasteiger partial charge in [0.1, 0.15) is 4.47 Å². The summed E-state index contributed by atoms with van der Waals surface area (Å²) >= 11 is 3.12. The summed E-state index contributed by atoms with van der Waals surface area (Å²) in [6.45, 7) is 3.87. The van der Waals surface area contributed by atoms with Crippen LogP contribution >= 0.6 is 15.9 Å². The molecule has 108 valence electrons. The molecular weight excluding hydrogens is 336 g/mol. The fourth-order valence-corrected chi connectivity index (χ4v) is 2.67. The second kappa shape index (κ2) is 6.05. The maximum Gasteiger partial charge on any atom is 0.284 e. The zero-order chi connectivity index (χ0) is 15.6. The lowest BCUT2D eigenvalue weighted by molar-refractivity contribution is -0.385. The third-order valence-electron chi connectivity index (χ3n) is 2.90. The molecule has 0 heterocycles. The van der Waals surface area contributed by atoms with Gasteiger partial charge in [0.15, 0.2) is 0 Å². The van der Waals surface area contributed by atoms with Crippen LogP contribution in [0.1, 0.15) is 21.5 Å². The van der Waals surface area contributed by atoms with Gasteiger partial charge < -0.3 is 5.32 Å². The molecule has 0 saturated heterocycles. The Labute approximate surface area is 130 Å². The average Bonchev–Trinajstić information content (AvgIpc) is 2.37. The second-order valence-electron chi connectivity index (χ2n) is 4.73. The van der Waals surface area contributed by atoms with Gasteiger partial charge in [0.25, 0.3) is 11.6 Å². The molecule has 0 atom stereocenters. The number of anilines is 1. The smallest absolute Gasteiger partial charge is 0.284 e. The molecule has 0 bridgehead atoms. The Morgan fingerprint density at radius 1 is 1.19 bits per heavy atom. The Bertz CT molecular complexity index is 709. The summed E-state index contributed by atoms with van der Waals surface area (Å²) < 4.78 is 0.178. The molecular formula is C15H13BrN2O3. The van der Waals surface area contributed by atoms with Crippen molar-refractivity contribution in [2.75, 3.05) is 5.32 Å². The standard InChI is InChI=1S/C15H13BrN2O3/c1-9-6-10(2)8-11(7-9)17-15(19)12-4-3-5-13(14(12)16)18(20)21/h3-8H,1-2H3,(H,17,19). The van der Waals surface area contributed by atoms with Crippen LogP contribution in [0, 0.1) is 24.0 Å². The third-order valence-corrected chi connectivity index (χ3v) is 3.73. The Hall–Kier alpha value is -2.21. The highest BCUT2D eigenvalue weighted by Crippen LogP contribution is 2.29. The molecule has 0 fully saturated rings. The lowest BCUT2D eigenvalue weighted by Crippen LogP contribution is -2.13. The molecule has 1 amide bonds. The number of hydrogen-bond donors (Lipinski definition) is 1. The number of hydrogen-bond acceptors (Lipinski definition) is 3. The number of carbonyl (C=O) groups is 1. The van der Waals surface area contributed by atoms with E-state index < -0.39 is 10.8 Å². The third kappa shape index (κ3) is 3.46. The number of carbonyl (C=O) groups excluding carboxylic acids is 1. The fourth-order valence-electron chi connectivity index (χ4n) is 2.08. The van der Waals surface area contributed by atoms with Crippen LogP contribution in [-0.4, -0.2) is 10.8 Å². The maximum absolute atomic E-state index is 12.3. The van der Waals surface area contributed by atoms with Crippen molar-refractivity contribution < 1.29 is 9.72 Å². The van der Waals surface area contributed by atoms with E-state index in [9.17, 15) is 14.9 Å². The van der Waals surface area contributed by atoms with Crippen LogP contribution in [0.3, 0.4) is 0 Å². The zero-order valence-electron chi connectivity index (χ0n) is 11.5.